The van der Waals surface area contributed by atoms with E-state index in [1.165, 1.54) is 12.1 Å². The molecule has 1 N–H and O–H groups in total. The molecule has 1 fully saturated rings. The van der Waals surface area contributed by atoms with Gasteiger partial charge >= 0.3 is 0 Å². The van der Waals surface area contributed by atoms with E-state index in [9.17, 15) is 9.18 Å². The van der Waals surface area contributed by atoms with Crippen LogP contribution in [0.3, 0.4) is 0 Å². The van der Waals surface area contributed by atoms with Crippen molar-refractivity contribution in [1.29, 1.82) is 0 Å². The van der Waals surface area contributed by atoms with Gasteiger partial charge in [-0.1, -0.05) is 12.1 Å². The molecule has 1 saturated heterocycles. The highest BCUT2D eigenvalue weighted by molar-refractivity contribution is 5.85. The zero-order valence-corrected chi connectivity index (χ0v) is 15.7. The first-order chi connectivity index (χ1) is 12.1. The van der Waals surface area contributed by atoms with E-state index < -0.39 is 6.04 Å². The largest absolute Gasteiger partial charge is 0.339 e. The van der Waals surface area contributed by atoms with E-state index in [-0.39, 0.29) is 24.1 Å². The summed E-state index contributed by atoms with van der Waals surface area (Å²) in [5.74, 6) is 0.292. The smallest absolute Gasteiger partial charge is 0.247 e. The number of carbonyl (C=O) groups excluding carboxylic acids is 1. The van der Waals surface area contributed by atoms with Gasteiger partial charge < -0.3 is 10.2 Å². The van der Waals surface area contributed by atoms with Crippen molar-refractivity contribution in [2.75, 3.05) is 20.1 Å². The normalized spacial score (nSPS) is 18.3. The van der Waals surface area contributed by atoms with Crippen LogP contribution in [0.25, 0.3) is 0 Å². The molecule has 1 aromatic carbocycles. The molecule has 2 unspecified atom stereocenters. The lowest BCUT2D eigenvalue weighted by Crippen LogP contribution is -2.49. The van der Waals surface area contributed by atoms with Gasteiger partial charge in [0.25, 0.3) is 0 Å². The first-order valence-corrected chi connectivity index (χ1v) is 8.53. The van der Waals surface area contributed by atoms with E-state index in [0.717, 1.165) is 24.9 Å². The van der Waals surface area contributed by atoms with E-state index in [0.29, 0.717) is 24.8 Å². The fourth-order valence-electron chi connectivity index (χ4n) is 3.27. The quantitative estimate of drug-likeness (QED) is 0.848. The van der Waals surface area contributed by atoms with Crippen molar-refractivity contribution in [2.24, 2.45) is 0 Å². The van der Waals surface area contributed by atoms with Crippen molar-refractivity contribution in [2.45, 2.75) is 38.3 Å². The number of hydrogen-bond acceptors (Lipinski definition) is 5. The van der Waals surface area contributed by atoms with E-state index in [2.05, 4.69) is 20.8 Å². The molecule has 1 aliphatic rings. The van der Waals surface area contributed by atoms with Gasteiger partial charge in [-0.2, -0.15) is 0 Å². The predicted octanol–water partition coefficient (Wildman–Crippen LogP) is 1.54. The third-order valence-electron chi connectivity index (χ3n) is 4.72. The third-order valence-corrected chi connectivity index (χ3v) is 4.72. The highest BCUT2D eigenvalue weighted by Crippen LogP contribution is 2.21. The summed E-state index contributed by atoms with van der Waals surface area (Å²) in [6, 6.07) is 5.97. The van der Waals surface area contributed by atoms with Crippen LogP contribution < -0.4 is 5.32 Å². The Balaban J connectivity index is 0.00000243. The Kier molecular flexibility index (Phi) is 7.05. The Morgan fingerprint density at radius 2 is 2.12 bits per heavy atom. The van der Waals surface area contributed by atoms with Gasteiger partial charge in [-0.15, -0.1) is 17.5 Å². The lowest BCUT2D eigenvalue weighted by Gasteiger charge is -2.34. The van der Waals surface area contributed by atoms with Crippen molar-refractivity contribution in [3.05, 3.63) is 41.5 Å². The molecule has 2 aromatic rings. The molecule has 0 saturated carbocycles. The number of carbonyl (C=O) groups is 1. The van der Waals surface area contributed by atoms with Crippen molar-refractivity contribution in [3.63, 3.8) is 0 Å². The number of aryl methyl sites for hydroxylation is 1. The van der Waals surface area contributed by atoms with Crippen molar-refractivity contribution < 1.29 is 9.18 Å². The lowest BCUT2D eigenvalue weighted by molar-refractivity contribution is -0.136. The minimum absolute atomic E-state index is 0. The third kappa shape index (κ3) is 4.56. The van der Waals surface area contributed by atoms with Gasteiger partial charge in [0.15, 0.2) is 0 Å². The number of amides is 1. The average Bonchev–Trinajstić information content (AvgIpc) is 3.06. The maximum absolute atomic E-state index is 13.2. The summed E-state index contributed by atoms with van der Waals surface area (Å²) in [6.45, 7) is 3.19. The first kappa shape index (κ1) is 20.3. The summed E-state index contributed by atoms with van der Waals surface area (Å²) in [7, 11) is 1.92. The molecule has 3 rings (SSSR count). The molecule has 0 spiro atoms. The standard InChI is InChI=1S/C17H23FN6O.ClH/c1-12-20-21-22-24(12)16(10-13-5-7-14(18)8-6-13)17(25)23-9-3-4-15(11-23)19-2;/h5-8,15-16,19H,3-4,9-11H2,1-2H3;1H. The topological polar surface area (TPSA) is 75.9 Å². The fourth-order valence-corrected chi connectivity index (χ4v) is 3.27. The van der Waals surface area contributed by atoms with Crippen LogP contribution in [0.15, 0.2) is 24.3 Å². The predicted molar refractivity (Wildman–Crippen MR) is 97.6 cm³/mol. The number of piperidine rings is 1. The summed E-state index contributed by atoms with van der Waals surface area (Å²) in [4.78, 5) is 15.1. The van der Waals surface area contributed by atoms with Crippen LogP contribution in [-0.4, -0.2) is 57.2 Å². The zero-order chi connectivity index (χ0) is 17.8. The summed E-state index contributed by atoms with van der Waals surface area (Å²) >= 11 is 0. The van der Waals surface area contributed by atoms with Crippen molar-refractivity contribution in [3.8, 4) is 0 Å². The van der Waals surface area contributed by atoms with E-state index >= 15 is 0 Å². The van der Waals surface area contributed by atoms with Crippen LogP contribution in [0.5, 0.6) is 0 Å². The number of hydrogen-bond donors (Lipinski definition) is 1. The van der Waals surface area contributed by atoms with Crippen LogP contribution in [0.4, 0.5) is 4.39 Å². The molecule has 1 aromatic heterocycles. The molecular formula is C17H24ClFN6O. The van der Waals surface area contributed by atoms with Crippen LogP contribution in [-0.2, 0) is 11.2 Å². The number of rotatable bonds is 5. The van der Waals surface area contributed by atoms with Gasteiger partial charge in [-0.3, -0.25) is 4.79 Å². The molecule has 1 amide bonds. The van der Waals surface area contributed by atoms with Gasteiger partial charge in [0.05, 0.1) is 0 Å². The molecule has 9 heteroatoms. The number of likely N-dealkylation sites (tertiary alicyclic amines) is 1. The molecule has 26 heavy (non-hydrogen) atoms. The number of benzene rings is 1. The maximum atomic E-state index is 13.2. The van der Waals surface area contributed by atoms with Gasteiger partial charge in [-0.05, 0) is 54.9 Å². The maximum Gasteiger partial charge on any atom is 0.247 e. The van der Waals surface area contributed by atoms with Crippen LogP contribution in [0.1, 0.15) is 30.3 Å². The number of nitrogens with one attached hydrogen (secondary N) is 1. The number of halogens is 2. The second kappa shape index (κ2) is 9.05. The SMILES string of the molecule is CNC1CCCN(C(=O)C(Cc2ccc(F)cc2)n2nnnc2C)C1.Cl. The van der Waals surface area contributed by atoms with Gasteiger partial charge in [-0.25, -0.2) is 9.07 Å². The molecule has 0 bridgehead atoms. The second-order valence-electron chi connectivity index (χ2n) is 6.43. The molecule has 142 valence electrons. The minimum atomic E-state index is -0.531. The number of likely N-dealkylation sites (N-methyl/N-ethyl adjacent to an activating group) is 1. The molecule has 1 aliphatic heterocycles. The number of nitrogens with zero attached hydrogens (tertiary/aromatic N) is 5. The van der Waals surface area contributed by atoms with E-state index in [4.69, 9.17) is 0 Å². The Bertz CT molecular complexity index is 722. The molecule has 2 heterocycles. The highest BCUT2D eigenvalue weighted by Gasteiger charge is 2.31. The summed E-state index contributed by atoms with van der Waals surface area (Å²) in [6.07, 6.45) is 2.45. The monoisotopic (exact) mass is 382 g/mol. The highest BCUT2D eigenvalue weighted by atomic mass is 35.5. The van der Waals surface area contributed by atoms with E-state index in [1.54, 1.807) is 23.7 Å². The second-order valence-corrected chi connectivity index (χ2v) is 6.43. The Labute approximate surface area is 158 Å². The number of tetrazole rings is 1. The molecule has 2 atom stereocenters. The summed E-state index contributed by atoms with van der Waals surface area (Å²) < 4.78 is 14.7. The van der Waals surface area contributed by atoms with Crippen molar-refractivity contribution in [1.82, 2.24) is 30.4 Å². The Hall–Kier alpha value is -2.06. The number of aromatic nitrogens is 4. The summed E-state index contributed by atoms with van der Waals surface area (Å²) in [5, 5.41) is 14.8. The van der Waals surface area contributed by atoms with Gasteiger partial charge in [0.1, 0.15) is 17.7 Å². The zero-order valence-electron chi connectivity index (χ0n) is 14.9. The molecule has 7 nitrogen and oxygen atoms in total. The Morgan fingerprint density at radius 1 is 1.38 bits per heavy atom. The lowest BCUT2D eigenvalue weighted by atomic mass is 10.0. The molecule has 0 aliphatic carbocycles. The van der Waals surface area contributed by atoms with Gasteiger partial charge in [0.2, 0.25) is 5.91 Å². The van der Waals surface area contributed by atoms with Gasteiger partial charge in [0, 0.05) is 25.6 Å². The average molecular weight is 383 g/mol. The van der Waals surface area contributed by atoms with Crippen LogP contribution in [0.2, 0.25) is 0 Å². The molecule has 0 radical (unpaired) electrons. The Morgan fingerprint density at radius 3 is 2.73 bits per heavy atom. The van der Waals surface area contributed by atoms with Crippen molar-refractivity contribution >= 4 is 18.3 Å². The first-order valence-electron chi connectivity index (χ1n) is 8.53. The van der Waals surface area contributed by atoms with E-state index in [1.807, 2.05) is 11.9 Å². The summed E-state index contributed by atoms with van der Waals surface area (Å²) in [5.41, 5.74) is 0.872. The minimum Gasteiger partial charge on any atom is -0.339 e. The molecular weight excluding hydrogens is 359 g/mol. The van der Waals surface area contributed by atoms with Crippen LogP contribution in [0, 0.1) is 12.7 Å². The van der Waals surface area contributed by atoms with Crippen LogP contribution >= 0.6 is 12.4 Å². The fraction of sp³-hybridized carbons (Fsp3) is 0.529.